The third-order valence-corrected chi connectivity index (χ3v) is 5.85. The van der Waals surface area contributed by atoms with Crippen LogP contribution in [0, 0.1) is 12.7 Å². The third-order valence-electron chi connectivity index (χ3n) is 5.85. The Morgan fingerprint density at radius 1 is 1.13 bits per heavy atom. The highest BCUT2D eigenvalue weighted by molar-refractivity contribution is 6.47. The summed E-state index contributed by atoms with van der Waals surface area (Å²) in [7, 11) is 0. The number of nitrogens with zero attached hydrogens (tertiary/aromatic N) is 4. The zero-order valence-corrected chi connectivity index (χ0v) is 16.5. The molecule has 0 atom stereocenters. The minimum absolute atomic E-state index is 0.125. The largest absolute Gasteiger partial charge is 0.345 e. The number of pyridine rings is 1. The van der Waals surface area contributed by atoms with Gasteiger partial charge in [-0.15, -0.1) is 0 Å². The summed E-state index contributed by atoms with van der Waals surface area (Å²) in [6.45, 7) is 2.64. The lowest BCUT2D eigenvalue weighted by Crippen LogP contribution is -2.25. The number of halogens is 1. The van der Waals surface area contributed by atoms with Gasteiger partial charge in [0.05, 0.1) is 34.4 Å². The molecule has 0 fully saturated rings. The number of anilines is 1. The second-order valence-corrected chi connectivity index (χ2v) is 7.79. The number of aryl methyl sites for hydroxylation is 1. The molecule has 0 bridgehead atoms. The molecule has 0 aliphatic carbocycles. The second-order valence-electron chi connectivity index (χ2n) is 7.79. The molecule has 5 heterocycles. The van der Waals surface area contributed by atoms with Crippen molar-refractivity contribution >= 4 is 34.4 Å². The van der Waals surface area contributed by atoms with Crippen LogP contribution in [0.5, 0.6) is 0 Å². The molecule has 2 aromatic heterocycles. The number of nitrogens with one attached hydrogen (secondary N) is 1. The number of hydrogen-bond donors (Lipinski definition) is 1. The van der Waals surface area contributed by atoms with Crippen LogP contribution in [0.4, 0.5) is 10.1 Å². The number of amides is 2. The maximum absolute atomic E-state index is 14.5. The van der Waals surface area contributed by atoms with E-state index in [1.807, 2.05) is 36.4 Å². The zero-order chi connectivity index (χ0) is 21.3. The number of hydrogen-bond acceptors (Lipinski definition) is 5. The van der Waals surface area contributed by atoms with Gasteiger partial charge in [-0.25, -0.2) is 9.37 Å². The van der Waals surface area contributed by atoms with Gasteiger partial charge in [-0.1, -0.05) is 6.07 Å². The lowest BCUT2D eigenvalue weighted by molar-refractivity contribution is -0.123. The minimum atomic E-state index is -0.556. The summed E-state index contributed by atoms with van der Waals surface area (Å²) >= 11 is 0. The molecule has 0 spiro atoms. The smallest absolute Gasteiger partial charge is 0.261 e. The van der Waals surface area contributed by atoms with Gasteiger partial charge in [0, 0.05) is 30.7 Å². The molecule has 0 saturated carbocycles. The van der Waals surface area contributed by atoms with Crippen molar-refractivity contribution in [1.82, 2.24) is 14.7 Å². The molecule has 0 radical (unpaired) electrons. The van der Waals surface area contributed by atoms with Crippen LogP contribution >= 0.6 is 0 Å². The van der Waals surface area contributed by atoms with Crippen molar-refractivity contribution in [2.75, 3.05) is 11.4 Å². The molecule has 0 unspecified atom stereocenters. The van der Waals surface area contributed by atoms with Gasteiger partial charge in [0.1, 0.15) is 11.5 Å². The van der Waals surface area contributed by atoms with Gasteiger partial charge in [-0.3, -0.25) is 24.3 Å². The van der Waals surface area contributed by atoms with Gasteiger partial charge in [0.25, 0.3) is 11.8 Å². The number of benzene rings is 1. The van der Waals surface area contributed by atoms with Gasteiger partial charge in [0.2, 0.25) is 0 Å². The highest BCUT2D eigenvalue weighted by Crippen LogP contribution is 2.38. The van der Waals surface area contributed by atoms with Gasteiger partial charge < -0.3 is 4.90 Å². The first-order valence-electron chi connectivity index (χ1n) is 9.89. The van der Waals surface area contributed by atoms with Gasteiger partial charge in [-0.05, 0) is 42.7 Å². The predicted molar refractivity (Wildman–Crippen MR) is 113 cm³/mol. The Morgan fingerprint density at radius 2 is 1.97 bits per heavy atom. The molecule has 3 aromatic rings. The fraction of sp³-hybridized carbons (Fsp3) is 0.130. The Kier molecular flexibility index (Phi) is 3.56. The van der Waals surface area contributed by atoms with E-state index in [4.69, 9.17) is 0 Å². The first-order chi connectivity index (χ1) is 15.0. The molecule has 0 saturated heterocycles. The minimum Gasteiger partial charge on any atom is -0.345 e. The van der Waals surface area contributed by atoms with E-state index in [0.717, 1.165) is 16.8 Å². The number of imide groups is 1. The van der Waals surface area contributed by atoms with Crippen LogP contribution < -0.4 is 10.2 Å². The van der Waals surface area contributed by atoms with Crippen LogP contribution in [0.3, 0.4) is 0 Å². The summed E-state index contributed by atoms with van der Waals surface area (Å²) < 4.78 is 16.2. The monoisotopic (exact) mass is 413 g/mol. The van der Waals surface area contributed by atoms with Crippen LogP contribution in [0.15, 0.2) is 59.6 Å². The maximum Gasteiger partial charge on any atom is 0.261 e. The number of carbonyl (C=O) groups excluding carboxylic acids is 2. The summed E-state index contributed by atoms with van der Waals surface area (Å²) in [6, 6.07) is 6.66. The average molecular weight is 413 g/mol. The van der Waals surface area contributed by atoms with E-state index in [2.05, 4.69) is 15.3 Å². The van der Waals surface area contributed by atoms with Crippen molar-refractivity contribution in [2.45, 2.75) is 13.3 Å². The maximum atomic E-state index is 14.5. The molecule has 7 nitrogen and oxygen atoms in total. The number of imidazole rings is 1. The van der Waals surface area contributed by atoms with Crippen molar-refractivity contribution in [3.05, 3.63) is 82.8 Å². The van der Waals surface area contributed by atoms with Crippen LogP contribution in [0.1, 0.15) is 22.4 Å². The second kappa shape index (κ2) is 6.21. The zero-order valence-electron chi connectivity index (χ0n) is 16.5. The molecular weight excluding hydrogens is 397 g/mol. The number of aliphatic imine (C=N–C) groups is 1. The number of fused-ring (bicyclic) bond motifs is 1. The van der Waals surface area contributed by atoms with Gasteiger partial charge in [0.15, 0.2) is 0 Å². The topological polar surface area (TPSA) is 79.1 Å². The van der Waals surface area contributed by atoms with E-state index in [0.29, 0.717) is 29.9 Å². The quantitative estimate of drug-likeness (QED) is 0.655. The predicted octanol–water partition coefficient (Wildman–Crippen LogP) is 2.53. The Hall–Kier alpha value is -4.07. The van der Waals surface area contributed by atoms with E-state index in [9.17, 15) is 14.0 Å². The van der Waals surface area contributed by atoms with E-state index >= 15 is 0 Å². The highest BCUT2D eigenvalue weighted by atomic mass is 19.1. The van der Waals surface area contributed by atoms with Crippen LogP contribution in [-0.2, 0) is 16.0 Å². The summed E-state index contributed by atoms with van der Waals surface area (Å²) in [4.78, 5) is 36.7. The number of rotatable bonds is 2. The molecule has 3 aliphatic heterocycles. The Bertz CT molecular complexity index is 1430. The molecule has 31 heavy (non-hydrogen) atoms. The van der Waals surface area contributed by atoms with Crippen LogP contribution in [-0.4, -0.2) is 33.5 Å². The summed E-state index contributed by atoms with van der Waals surface area (Å²) in [5, 5.41) is 2.38. The van der Waals surface area contributed by atoms with Crippen molar-refractivity contribution in [2.24, 2.45) is 4.99 Å². The van der Waals surface area contributed by atoms with E-state index < -0.39 is 17.6 Å². The fourth-order valence-corrected chi connectivity index (χ4v) is 4.52. The molecule has 8 heteroatoms. The van der Waals surface area contributed by atoms with E-state index in [1.165, 1.54) is 12.1 Å². The fourth-order valence-electron chi connectivity index (χ4n) is 4.52. The summed E-state index contributed by atoms with van der Waals surface area (Å²) in [5.41, 5.74) is 4.87. The number of carbonyl (C=O) groups is 2. The molecular formula is C23H16FN5O2. The first kappa shape index (κ1) is 17.8. The van der Waals surface area contributed by atoms with Crippen molar-refractivity contribution in [1.29, 1.82) is 0 Å². The lowest BCUT2D eigenvalue weighted by atomic mass is 9.94. The highest BCUT2D eigenvalue weighted by Gasteiger charge is 2.38. The van der Waals surface area contributed by atoms with Crippen molar-refractivity contribution in [3.63, 3.8) is 0 Å². The summed E-state index contributed by atoms with van der Waals surface area (Å²) in [5.74, 6) is -1.48. The molecule has 6 rings (SSSR count). The standard InChI is InChI=1S/C23H16FN5O2/c1-12-2-3-17-26-10-16(29(17)11-12)18-19(23(31)27-22(18)30)20-15-9-14(24)8-13-4-6-28(21(13)15)7-5-25-20/h2-3,5,7-11H,4,6H2,1H3,(H,27,30,31). The van der Waals surface area contributed by atoms with Crippen molar-refractivity contribution in [3.8, 4) is 0 Å². The Morgan fingerprint density at radius 3 is 2.84 bits per heavy atom. The normalized spacial score (nSPS) is 17.4. The van der Waals surface area contributed by atoms with E-state index in [-0.39, 0.29) is 16.9 Å². The average Bonchev–Trinajstić information content (AvgIpc) is 3.36. The first-order valence-corrected chi connectivity index (χ1v) is 9.89. The lowest BCUT2D eigenvalue weighted by Gasteiger charge is -2.17. The SMILES string of the molecule is Cc1ccc2ncc(C3=C(C4=NC=CN5CCc6cc(F)cc4c65)C(=O)NC3=O)n2c1. The molecule has 2 amide bonds. The van der Waals surface area contributed by atoms with Gasteiger partial charge >= 0.3 is 0 Å². The molecule has 1 N–H and O–H groups in total. The number of aromatic nitrogens is 2. The van der Waals surface area contributed by atoms with Crippen molar-refractivity contribution < 1.29 is 14.0 Å². The molecule has 152 valence electrons. The van der Waals surface area contributed by atoms with Gasteiger partial charge in [-0.2, -0.15) is 0 Å². The third kappa shape index (κ3) is 2.51. The van der Waals surface area contributed by atoms with E-state index in [1.54, 1.807) is 16.8 Å². The molecule has 3 aliphatic rings. The van der Waals surface area contributed by atoms with Crippen LogP contribution in [0.25, 0.3) is 11.2 Å². The summed E-state index contributed by atoms with van der Waals surface area (Å²) in [6.07, 6.45) is 7.52. The molecule has 1 aromatic carbocycles. The Balaban J connectivity index is 1.65. The van der Waals surface area contributed by atoms with Crippen LogP contribution in [0.2, 0.25) is 0 Å². The Labute approximate surface area is 176 Å².